The first-order valence-corrected chi connectivity index (χ1v) is 11.1. The van der Waals surface area contributed by atoms with Crippen LogP contribution in [-0.4, -0.2) is 26.6 Å². The molecule has 0 aromatic heterocycles. The molecule has 0 bridgehead atoms. The molecule has 2 rings (SSSR count). The topological polar surface area (TPSA) is 95.7 Å². The summed E-state index contributed by atoms with van der Waals surface area (Å²) < 4.78 is 33.5. The van der Waals surface area contributed by atoms with Crippen LogP contribution in [0.5, 0.6) is 5.75 Å². The number of ether oxygens (including phenoxy) is 2. The fourth-order valence-electron chi connectivity index (χ4n) is 2.69. The number of carbonyl (C=O) groups is 1. The van der Waals surface area contributed by atoms with Crippen LogP contribution in [0.15, 0.2) is 53.4 Å². The van der Waals surface area contributed by atoms with Crippen LogP contribution in [0.1, 0.15) is 44.7 Å². The highest BCUT2D eigenvalue weighted by molar-refractivity contribution is 7.89. The van der Waals surface area contributed by atoms with Crippen molar-refractivity contribution in [2.45, 2.75) is 57.0 Å². The molecule has 2 aromatic rings. The number of nitrogens with two attached hydrogens (primary N) is 1. The molecule has 158 valence electrons. The van der Waals surface area contributed by atoms with Crippen molar-refractivity contribution in [3.8, 4) is 5.75 Å². The molecule has 0 spiro atoms. The van der Waals surface area contributed by atoms with Crippen molar-refractivity contribution in [1.29, 1.82) is 0 Å². The van der Waals surface area contributed by atoms with Crippen LogP contribution in [0.25, 0.3) is 0 Å². The lowest BCUT2D eigenvalue weighted by Crippen LogP contribution is -2.23. The standard InChI is InChI=1S/C22H29NO5S/c1-22(2,3)28-21(24)5-4-16-27-19-12-8-17(9-13-19)6-7-18-10-14-20(15-11-18)29(23,25)26/h8-15H,4-7,16H2,1-3H3,(H2,23,25,26). The third-order valence-corrected chi connectivity index (χ3v) is 5.02. The number of aryl methyl sites for hydroxylation is 2. The Morgan fingerprint density at radius 1 is 0.931 bits per heavy atom. The molecule has 0 aliphatic rings. The Balaban J connectivity index is 1.74. The Bertz CT molecular complexity index is 898. The molecule has 7 heteroatoms. The van der Waals surface area contributed by atoms with Gasteiger partial charge in [0.25, 0.3) is 0 Å². The number of carbonyl (C=O) groups excluding carboxylic acids is 1. The Morgan fingerprint density at radius 2 is 1.45 bits per heavy atom. The smallest absolute Gasteiger partial charge is 0.306 e. The van der Waals surface area contributed by atoms with E-state index in [0.717, 1.165) is 29.7 Å². The molecule has 2 N–H and O–H groups in total. The summed E-state index contributed by atoms with van der Waals surface area (Å²) in [6.07, 6.45) is 2.55. The number of hydrogen-bond donors (Lipinski definition) is 1. The molecular formula is C22H29NO5S. The molecule has 0 saturated heterocycles. The van der Waals surface area contributed by atoms with Crippen molar-refractivity contribution in [2.24, 2.45) is 5.14 Å². The number of benzene rings is 2. The molecule has 2 aromatic carbocycles. The maximum Gasteiger partial charge on any atom is 0.306 e. The molecule has 6 nitrogen and oxygen atoms in total. The number of rotatable bonds is 9. The van der Waals surface area contributed by atoms with Crippen LogP contribution in [0.4, 0.5) is 0 Å². The average molecular weight is 420 g/mol. The molecule has 0 fully saturated rings. The third kappa shape index (κ3) is 8.66. The molecule has 0 saturated carbocycles. The van der Waals surface area contributed by atoms with Gasteiger partial charge in [0, 0.05) is 6.42 Å². The molecule has 29 heavy (non-hydrogen) atoms. The summed E-state index contributed by atoms with van der Waals surface area (Å²) in [5.41, 5.74) is 1.74. The lowest BCUT2D eigenvalue weighted by molar-refractivity contribution is -0.155. The zero-order valence-corrected chi connectivity index (χ0v) is 18.0. The molecule has 0 amide bonds. The highest BCUT2D eigenvalue weighted by atomic mass is 32.2. The molecule has 0 heterocycles. The van der Waals surface area contributed by atoms with Crippen LogP contribution in [0, 0.1) is 0 Å². The predicted octanol–water partition coefficient (Wildman–Crippen LogP) is 3.62. The van der Waals surface area contributed by atoms with E-state index in [1.165, 1.54) is 12.1 Å². The molecule has 0 aliphatic heterocycles. The highest BCUT2D eigenvalue weighted by Gasteiger charge is 2.15. The molecular weight excluding hydrogens is 390 g/mol. The van der Waals surface area contributed by atoms with Gasteiger partial charge in [-0.25, -0.2) is 13.6 Å². The minimum absolute atomic E-state index is 0.120. The second-order valence-corrected chi connectivity index (χ2v) is 9.43. The van der Waals surface area contributed by atoms with Gasteiger partial charge in [-0.2, -0.15) is 0 Å². The fraction of sp³-hybridized carbons (Fsp3) is 0.409. The average Bonchev–Trinajstić information content (AvgIpc) is 2.63. The van der Waals surface area contributed by atoms with Crippen molar-refractivity contribution in [3.05, 3.63) is 59.7 Å². The number of sulfonamides is 1. The largest absolute Gasteiger partial charge is 0.494 e. The summed E-state index contributed by atoms with van der Waals surface area (Å²) in [4.78, 5) is 11.8. The van der Waals surface area contributed by atoms with E-state index in [9.17, 15) is 13.2 Å². The second-order valence-electron chi connectivity index (χ2n) is 7.87. The molecule has 0 atom stereocenters. The first-order valence-electron chi connectivity index (χ1n) is 9.58. The van der Waals surface area contributed by atoms with Gasteiger partial charge in [0.2, 0.25) is 10.0 Å². The summed E-state index contributed by atoms with van der Waals surface area (Å²) in [7, 11) is -3.65. The third-order valence-electron chi connectivity index (χ3n) is 4.09. The van der Waals surface area contributed by atoms with Crippen molar-refractivity contribution >= 4 is 16.0 Å². The molecule has 0 radical (unpaired) electrons. The van der Waals surface area contributed by atoms with E-state index in [1.54, 1.807) is 12.1 Å². The van der Waals surface area contributed by atoms with Crippen molar-refractivity contribution < 1.29 is 22.7 Å². The van der Waals surface area contributed by atoms with Crippen LogP contribution in [0.2, 0.25) is 0 Å². The number of primary sulfonamides is 1. The number of hydrogen-bond acceptors (Lipinski definition) is 5. The van der Waals surface area contributed by atoms with Gasteiger partial charge in [-0.1, -0.05) is 24.3 Å². The van der Waals surface area contributed by atoms with E-state index >= 15 is 0 Å². The van der Waals surface area contributed by atoms with E-state index in [-0.39, 0.29) is 10.9 Å². The first kappa shape index (κ1) is 22.9. The van der Waals surface area contributed by atoms with Gasteiger partial charge < -0.3 is 9.47 Å². The van der Waals surface area contributed by atoms with Gasteiger partial charge in [-0.3, -0.25) is 4.79 Å². The summed E-state index contributed by atoms with van der Waals surface area (Å²) in [6.45, 7) is 6.00. The van der Waals surface area contributed by atoms with E-state index in [4.69, 9.17) is 14.6 Å². The van der Waals surface area contributed by atoms with Crippen LogP contribution in [0.3, 0.4) is 0 Å². The lowest BCUT2D eigenvalue weighted by Gasteiger charge is -2.19. The predicted molar refractivity (Wildman–Crippen MR) is 112 cm³/mol. The first-order chi connectivity index (χ1) is 13.5. The zero-order chi connectivity index (χ0) is 21.5. The Morgan fingerprint density at radius 3 is 1.93 bits per heavy atom. The van der Waals surface area contributed by atoms with Crippen molar-refractivity contribution in [2.75, 3.05) is 6.61 Å². The van der Waals surface area contributed by atoms with Gasteiger partial charge >= 0.3 is 5.97 Å². The maximum atomic E-state index is 11.7. The van der Waals surface area contributed by atoms with E-state index < -0.39 is 15.6 Å². The number of esters is 1. The monoisotopic (exact) mass is 419 g/mol. The Kier molecular flexibility index (Phi) is 7.81. The van der Waals surface area contributed by atoms with Crippen molar-refractivity contribution in [1.82, 2.24) is 0 Å². The van der Waals surface area contributed by atoms with Gasteiger partial charge in [-0.05, 0) is 75.4 Å². The molecule has 0 aliphatic carbocycles. The van der Waals surface area contributed by atoms with Crippen LogP contribution < -0.4 is 9.88 Å². The quantitative estimate of drug-likeness (QED) is 0.495. The molecule has 0 unspecified atom stereocenters. The highest BCUT2D eigenvalue weighted by Crippen LogP contribution is 2.16. The Labute approximate surface area is 173 Å². The summed E-state index contributed by atoms with van der Waals surface area (Å²) >= 11 is 0. The Hall–Kier alpha value is -2.38. The van der Waals surface area contributed by atoms with Gasteiger partial charge in [0.1, 0.15) is 11.4 Å². The second kappa shape index (κ2) is 9.89. The van der Waals surface area contributed by atoms with Gasteiger partial charge in [0.05, 0.1) is 11.5 Å². The van der Waals surface area contributed by atoms with E-state index in [2.05, 4.69) is 0 Å². The summed E-state index contributed by atoms with van der Waals surface area (Å²) in [5.74, 6) is 0.545. The minimum atomic E-state index is -3.65. The normalized spacial score (nSPS) is 11.9. The lowest BCUT2D eigenvalue weighted by atomic mass is 10.0. The summed E-state index contributed by atoms with van der Waals surface area (Å²) in [5, 5.41) is 5.11. The van der Waals surface area contributed by atoms with E-state index in [0.29, 0.717) is 19.4 Å². The maximum absolute atomic E-state index is 11.7. The zero-order valence-electron chi connectivity index (χ0n) is 17.2. The van der Waals surface area contributed by atoms with Crippen LogP contribution >= 0.6 is 0 Å². The van der Waals surface area contributed by atoms with Gasteiger partial charge in [0.15, 0.2) is 0 Å². The minimum Gasteiger partial charge on any atom is -0.494 e. The van der Waals surface area contributed by atoms with Crippen molar-refractivity contribution in [3.63, 3.8) is 0 Å². The summed E-state index contributed by atoms with van der Waals surface area (Å²) in [6, 6.07) is 14.4. The van der Waals surface area contributed by atoms with E-state index in [1.807, 2.05) is 45.0 Å². The SMILES string of the molecule is CC(C)(C)OC(=O)CCCOc1ccc(CCc2ccc(S(N)(=O)=O)cc2)cc1. The van der Waals surface area contributed by atoms with Gasteiger partial charge in [-0.15, -0.1) is 0 Å². The fourth-order valence-corrected chi connectivity index (χ4v) is 3.20. The van der Waals surface area contributed by atoms with Crippen LogP contribution in [-0.2, 0) is 32.4 Å².